The zero-order valence-electron chi connectivity index (χ0n) is 10.1. The predicted octanol–water partition coefficient (Wildman–Crippen LogP) is 2.99. The van der Waals surface area contributed by atoms with E-state index in [9.17, 15) is 0 Å². The van der Waals surface area contributed by atoms with Crippen LogP contribution in [0.15, 0.2) is 18.2 Å². The van der Waals surface area contributed by atoms with Gasteiger partial charge in [0, 0.05) is 11.7 Å². The van der Waals surface area contributed by atoms with E-state index in [1.807, 2.05) is 12.1 Å². The molecule has 1 aromatic rings. The number of anilines is 2. The third-order valence-corrected chi connectivity index (χ3v) is 2.41. The van der Waals surface area contributed by atoms with Crippen LogP contribution in [0.25, 0.3) is 0 Å². The standard InChI is InChI=1S/C13H19N3/c1-9(2)6-10(3)16-12-5-4-11(8-14)13(15)7-12/h4-5,7,9-10,16H,6,15H2,1-3H3. The lowest BCUT2D eigenvalue weighted by Gasteiger charge is -2.17. The molecule has 0 spiro atoms. The highest BCUT2D eigenvalue weighted by molar-refractivity contribution is 5.62. The Morgan fingerprint density at radius 3 is 2.56 bits per heavy atom. The number of nitrogen functional groups attached to an aromatic ring is 1. The molecule has 3 heteroatoms. The highest BCUT2D eigenvalue weighted by Gasteiger charge is 2.06. The quantitative estimate of drug-likeness (QED) is 0.762. The van der Waals surface area contributed by atoms with Crippen LogP contribution >= 0.6 is 0 Å². The highest BCUT2D eigenvalue weighted by Crippen LogP contribution is 2.19. The molecule has 0 aliphatic rings. The number of nitrogens with zero attached hydrogens (tertiary/aromatic N) is 1. The number of nitrogens with two attached hydrogens (primary N) is 1. The van der Waals surface area contributed by atoms with Crippen molar-refractivity contribution in [3.05, 3.63) is 23.8 Å². The summed E-state index contributed by atoms with van der Waals surface area (Å²) < 4.78 is 0. The summed E-state index contributed by atoms with van der Waals surface area (Å²) in [6.07, 6.45) is 1.11. The Kier molecular flexibility index (Phi) is 4.19. The second-order valence-corrected chi connectivity index (χ2v) is 4.59. The molecular formula is C13H19N3. The topological polar surface area (TPSA) is 61.8 Å². The van der Waals surface area contributed by atoms with E-state index in [0.717, 1.165) is 12.1 Å². The largest absolute Gasteiger partial charge is 0.398 e. The molecule has 0 aliphatic carbocycles. The smallest absolute Gasteiger partial charge is 0.101 e. The van der Waals surface area contributed by atoms with Crippen LogP contribution in [0.3, 0.4) is 0 Å². The van der Waals surface area contributed by atoms with E-state index in [1.165, 1.54) is 0 Å². The summed E-state index contributed by atoms with van der Waals surface area (Å²) >= 11 is 0. The Balaban J connectivity index is 2.69. The van der Waals surface area contributed by atoms with E-state index in [0.29, 0.717) is 23.2 Å². The first-order chi connectivity index (χ1) is 7.52. The molecule has 0 aromatic heterocycles. The van der Waals surface area contributed by atoms with E-state index in [2.05, 4.69) is 32.2 Å². The van der Waals surface area contributed by atoms with Crippen molar-refractivity contribution in [2.45, 2.75) is 33.2 Å². The SMILES string of the molecule is CC(C)CC(C)Nc1ccc(C#N)c(N)c1. The van der Waals surface area contributed by atoms with Gasteiger partial charge in [-0.15, -0.1) is 0 Å². The summed E-state index contributed by atoms with van der Waals surface area (Å²) in [6, 6.07) is 7.92. The first-order valence-corrected chi connectivity index (χ1v) is 5.59. The van der Waals surface area contributed by atoms with Crippen molar-refractivity contribution < 1.29 is 0 Å². The van der Waals surface area contributed by atoms with Crippen molar-refractivity contribution in [3.63, 3.8) is 0 Å². The van der Waals surface area contributed by atoms with Gasteiger partial charge < -0.3 is 11.1 Å². The van der Waals surface area contributed by atoms with Gasteiger partial charge in [0.15, 0.2) is 0 Å². The van der Waals surface area contributed by atoms with E-state index in [-0.39, 0.29) is 0 Å². The van der Waals surface area contributed by atoms with Gasteiger partial charge in [0.2, 0.25) is 0 Å². The van der Waals surface area contributed by atoms with Crippen molar-refractivity contribution in [2.24, 2.45) is 5.92 Å². The number of hydrogen-bond donors (Lipinski definition) is 2. The van der Waals surface area contributed by atoms with Crippen LogP contribution in [-0.4, -0.2) is 6.04 Å². The molecule has 0 aliphatic heterocycles. The molecular weight excluding hydrogens is 198 g/mol. The van der Waals surface area contributed by atoms with Gasteiger partial charge in [0.25, 0.3) is 0 Å². The summed E-state index contributed by atoms with van der Waals surface area (Å²) in [6.45, 7) is 6.55. The van der Waals surface area contributed by atoms with Crippen LogP contribution in [-0.2, 0) is 0 Å². The van der Waals surface area contributed by atoms with E-state index < -0.39 is 0 Å². The van der Waals surface area contributed by atoms with Gasteiger partial charge in [-0.2, -0.15) is 5.26 Å². The third kappa shape index (κ3) is 3.47. The molecule has 1 atom stereocenters. The first-order valence-electron chi connectivity index (χ1n) is 5.59. The summed E-state index contributed by atoms with van der Waals surface area (Å²) in [4.78, 5) is 0. The fraction of sp³-hybridized carbons (Fsp3) is 0.462. The molecule has 0 heterocycles. The van der Waals surface area contributed by atoms with Crippen molar-refractivity contribution in [1.82, 2.24) is 0 Å². The Hall–Kier alpha value is -1.69. The second-order valence-electron chi connectivity index (χ2n) is 4.59. The van der Waals surface area contributed by atoms with Gasteiger partial charge in [-0.1, -0.05) is 13.8 Å². The molecule has 0 amide bonds. The fourth-order valence-electron chi connectivity index (χ4n) is 1.80. The Morgan fingerprint density at radius 2 is 2.06 bits per heavy atom. The predicted molar refractivity (Wildman–Crippen MR) is 68.1 cm³/mol. The molecule has 0 radical (unpaired) electrons. The molecule has 3 nitrogen and oxygen atoms in total. The lowest BCUT2D eigenvalue weighted by molar-refractivity contribution is 0.540. The van der Waals surface area contributed by atoms with Gasteiger partial charge in [-0.25, -0.2) is 0 Å². The Morgan fingerprint density at radius 1 is 1.38 bits per heavy atom. The van der Waals surface area contributed by atoms with Crippen LogP contribution in [0.2, 0.25) is 0 Å². The number of nitriles is 1. The number of hydrogen-bond acceptors (Lipinski definition) is 3. The Labute approximate surface area is 97.3 Å². The fourth-order valence-corrected chi connectivity index (χ4v) is 1.80. The number of rotatable bonds is 4. The summed E-state index contributed by atoms with van der Waals surface area (Å²) in [5.74, 6) is 0.665. The zero-order valence-corrected chi connectivity index (χ0v) is 10.1. The minimum Gasteiger partial charge on any atom is -0.398 e. The van der Waals surface area contributed by atoms with Crippen LogP contribution in [0.4, 0.5) is 11.4 Å². The van der Waals surface area contributed by atoms with Gasteiger partial charge in [-0.05, 0) is 37.5 Å². The molecule has 0 saturated carbocycles. The zero-order chi connectivity index (χ0) is 12.1. The lowest BCUT2D eigenvalue weighted by atomic mass is 10.0. The van der Waals surface area contributed by atoms with E-state index in [4.69, 9.17) is 11.0 Å². The van der Waals surface area contributed by atoms with Crippen LogP contribution in [0.1, 0.15) is 32.8 Å². The number of nitrogens with one attached hydrogen (secondary N) is 1. The average Bonchev–Trinajstić information content (AvgIpc) is 2.16. The molecule has 1 aromatic carbocycles. The van der Waals surface area contributed by atoms with Crippen molar-refractivity contribution >= 4 is 11.4 Å². The van der Waals surface area contributed by atoms with Gasteiger partial charge in [-0.3, -0.25) is 0 Å². The maximum atomic E-state index is 8.76. The first kappa shape index (κ1) is 12.4. The van der Waals surface area contributed by atoms with Gasteiger partial charge in [0.05, 0.1) is 11.3 Å². The number of benzene rings is 1. The molecule has 86 valence electrons. The summed E-state index contributed by atoms with van der Waals surface area (Å²) in [5.41, 5.74) is 7.78. The maximum absolute atomic E-state index is 8.76. The maximum Gasteiger partial charge on any atom is 0.101 e. The molecule has 1 unspecified atom stereocenters. The lowest BCUT2D eigenvalue weighted by Crippen LogP contribution is -2.17. The molecule has 16 heavy (non-hydrogen) atoms. The summed E-state index contributed by atoms with van der Waals surface area (Å²) in [7, 11) is 0. The van der Waals surface area contributed by atoms with Crippen molar-refractivity contribution in [3.8, 4) is 6.07 Å². The average molecular weight is 217 g/mol. The van der Waals surface area contributed by atoms with Crippen molar-refractivity contribution in [2.75, 3.05) is 11.1 Å². The summed E-state index contributed by atoms with van der Waals surface area (Å²) in [5, 5.41) is 12.1. The molecule has 0 bridgehead atoms. The third-order valence-electron chi connectivity index (χ3n) is 2.41. The minimum absolute atomic E-state index is 0.410. The van der Waals surface area contributed by atoms with E-state index in [1.54, 1.807) is 6.07 Å². The molecule has 0 saturated heterocycles. The monoisotopic (exact) mass is 217 g/mol. The molecule has 1 rings (SSSR count). The molecule has 0 fully saturated rings. The van der Waals surface area contributed by atoms with E-state index >= 15 is 0 Å². The molecule has 3 N–H and O–H groups in total. The second kappa shape index (κ2) is 5.41. The Bertz CT molecular complexity index is 391. The van der Waals surface area contributed by atoms with Crippen LogP contribution in [0, 0.1) is 17.2 Å². The normalized spacial score (nSPS) is 12.2. The minimum atomic E-state index is 0.410. The van der Waals surface area contributed by atoms with Gasteiger partial charge in [0.1, 0.15) is 6.07 Å². The van der Waals surface area contributed by atoms with Crippen molar-refractivity contribution in [1.29, 1.82) is 5.26 Å². The van der Waals surface area contributed by atoms with Gasteiger partial charge >= 0.3 is 0 Å². The highest BCUT2D eigenvalue weighted by atomic mass is 14.9. The van der Waals surface area contributed by atoms with Crippen LogP contribution < -0.4 is 11.1 Å². The van der Waals surface area contributed by atoms with Crippen LogP contribution in [0.5, 0.6) is 0 Å².